The average Bonchev–Trinajstić information content (AvgIpc) is 3.27. The molecule has 3 aromatic carbocycles. The van der Waals surface area contributed by atoms with E-state index in [9.17, 15) is 9.59 Å². The number of thiophene rings is 1. The third kappa shape index (κ3) is 5.28. The molecule has 0 saturated carbocycles. The van der Waals surface area contributed by atoms with Crippen LogP contribution in [-0.2, 0) is 4.79 Å². The Morgan fingerprint density at radius 2 is 1.63 bits per heavy atom. The van der Waals surface area contributed by atoms with Crippen LogP contribution in [0, 0.1) is 0 Å². The lowest BCUT2D eigenvalue weighted by molar-refractivity contribution is -0.115. The van der Waals surface area contributed by atoms with Crippen LogP contribution in [0.25, 0.3) is 21.3 Å². The molecule has 5 rings (SSSR count). The molecule has 1 unspecified atom stereocenters. The minimum absolute atomic E-state index is 0.244. The van der Waals surface area contributed by atoms with Crippen molar-refractivity contribution >= 4 is 68.1 Å². The molecule has 174 valence electrons. The molecule has 9 heteroatoms. The molecule has 0 saturated heterocycles. The number of nitrogens with one attached hydrogen (secondary N) is 2. The van der Waals surface area contributed by atoms with E-state index in [1.165, 1.54) is 23.1 Å². The van der Waals surface area contributed by atoms with Gasteiger partial charge in [-0.25, -0.2) is 4.98 Å². The number of carbonyl (C=O) groups excluding carboxylic acids is 1. The smallest absolute Gasteiger partial charge is 0.260 e. The van der Waals surface area contributed by atoms with Crippen molar-refractivity contribution < 1.29 is 4.79 Å². The number of nitrogens with zero attached hydrogens (tertiary/aromatic N) is 1. The fraction of sp³-hybridized carbons (Fsp3) is 0.0385. The van der Waals surface area contributed by atoms with Gasteiger partial charge in [-0.3, -0.25) is 9.59 Å². The first-order valence-electron chi connectivity index (χ1n) is 10.5. The van der Waals surface area contributed by atoms with Crippen molar-refractivity contribution in [3.63, 3.8) is 0 Å². The van der Waals surface area contributed by atoms with E-state index in [-0.39, 0.29) is 11.5 Å². The van der Waals surface area contributed by atoms with Gasteiger partial charge < -0.3 is 10.3 Å². The predicted molar refractivity (Wildman–Crippen MR) is 146 cm³/mol. The number of thioether (sulfide) groups is 1. The second kappa shape index (κ2) is 10.3. The minimum atomic E-state index is -0.678. The first kappa shape index (κ1) is 23.6. The summed E-state index contributed by atoms with van der Waals surface area (Å²) in [4.78, 5) is 34.6. The number of amides is 1. The molecule has 0 radical (unpaired) electrons. The number of halogens is 2. The molecule has 35 heavy (non-hydrogen) atoms. The van der Waals surface area contributed by atoms with Crippen LogP contribution in [0.4, 0.5) is 5.69 Å². The lowest BCUT2D eigenvalue weighted by Gasteiger charge is -2.17. The number of benzene rings is 3. The molecule has 5 nitrogen and oxygen atoms in total. The normalized spacial score (nSPS) is 11.9. The predicted octanol–water partition coefficient (Wildman–Crippen LogP) is 7.43. The standard InChI is InChI=1S/C26H17Cl2N3O2S2/c27-17-11-18(28)13-19(12-17)29-24(33)22(16-9-5-2-6-10-16)35-26-30-23(32)21-20(14-34-25(21)31-26)15-7-3-1-4-8-15/h1-14,22H,(H,29,33)(H,30,31,32). The summed E-state index contributed by atoms with van der Waals surface area (Å²) in [5.41, 5.74) is 2.80. The Balaban J connectivity index is 1.49. The molecule has 2 heterocycles. The van der Waals surface area contributed by atoms with Gasteiger partial charge in [-0.1, -0.05) is 95.6 Å². The van der Waals surface area contributed by atoms with Crippen LogP contribution >= 0.6 is 46.3 Å². The zero-order valence-electron chi connectivity index (χ0n) is 18.0. The summed E-state index contributed by atoms with van der Waals surface area (Å²) in [5.74, 6) is -0.293. The Kier molecular flexibility index (Phi) is 6.92. The average molecular weight is 538 g/mol. The first-order valence-corrected chi connectivity index (χ1v) is 13.0. The van der Waals surface area contributed by atoms with Crippen LogP contribution in [0.15, 0.2) is 94.2 Å². The number of hydrogen-bond donors (Lipinski definition) is 2. The van der Waals surface area contributed by atoms with Gasteiger partial charge in [0.1, 0.15) is 10.1 Å². The van der Waals surface area contributed by atoms with E-state index in [2.05, 4.69) is 15.3 Å². The maximum atomic E-state index is 13.3. The Morgan fingerprint density at radius 3 is 2.31 bits per heavy atom. The van der Waals surface area contributed by atoms with Crippen LogP contribution < -0.4 is 10.9 Å². The summed E-state index contributed by atoms with van der Waals surface area (Å²) >= 11 is 14.8. The van der Waals surface area contributed by atoms with E-state index in [4.69, 9.17) is 23.2 Å². The number of carbonyl (C=O) groups is 1. The second-order valence-corrected chi connectivity index (χ2v) is 10.4. The van der Waals surface area contributed by atoms with Gasteiger partial charge in [0.25, 0.3) is 5.56 Å². The van der Waals surface area contributed by atoms with Gasteiger partial charge in [0.05, 0.1) is 5.39 Å². The number of anilines is 1. The maximum Gasteiger partial charge on any atom is 0.260 e. The Hall–Kier alpha value is -3.10. The second-order valence-electron chi connectivity index (χ2n) is 7.62. The van der Waals surface area contributed by atoms with Gasteiger partial charge in [0.2, 0.25) is 5.91 Å². The van der Waals surface area contributed by atoms with Gasteiger partial charge in [0, 0.05) is 26.7 Å². The van der Waals surface area contributed by atoms with Crippen molar-refractivity contribution in [1.82, 2.24) is 9.97 Å². The van der Waals surface area contributed by atoms with Crippen LogP contribution in [0.5, 0.6) is 0 Å². The van der Waals surface area contributed by atoms with E-state index in [1.807, 2.05) is 66.0 Å². The van der Waals surface area contributed by atoms with E-state index in [0.717, 1.165) is 16.7 Å². The maximum absolute atomic E-state index is 13.3. The number of fused-ring (bicyclic) bond motifs is 1. The van der Waals surface area contributed by atoms with Gasteiger partial charge in [-0.2, -0.15) is 0 Å². The SMILES string of the molecule is O=C(Nc1cc(Cl)cc(Cl)c1)C(Sc1nc2scc(-c3ccccc3)c2c(=O)[nH]1)c1ccccc1. The number of aromatic nitrogens is 2. The summed E-state index contributed by atoms with van der Waals surface area (Å²) in [5, 5.41) is 5.86. The van der Waals surface area contributed by atoms with E-state index < -0.39 is 5.25 Å². The summed E-state index contributed by atoms with van der Waals surface area (Å²) < 4.78 is 0. The minimum Gasteiger partial charge on any atom is -0.325 e. The van der Waals surface area contributed by atoms with E-state index in [0.29, 0.717) is 31.1 Å². The molecular formula is C26H17Cl2N3O2S2. The van der Waals surface area contributed by atoms with Crippen molar-refractivity contribution in [1.29, 1.82) is 0 Å². The third-order valence-electron chi connectivity index (χ3n) is 5.21. The van der Waals surface area contributed by atoms with Gasteiger partial charge in [0.15, 0.2) is 5.16 Å². The number of H-pyrrole nitrogens is 1. The van der Waals surface area contributed by atoms with Crippen LogP contribution in [0.1, 0.15) is 10.8 Å². The van der Waals surface area contributed by atoms with Gasteiger partial charge >= 0.3 is 0 Å². The third-order valence-corrected chi connectivity index (χ3v) is 7.65. The lowest BCUT2D eigenvalue weighted by Crippen LogP contribution is -2.20. The zero-order chi connectivity index (χ0) is 24.4. The van der Waals surface area contributed by atoms with E-state index >= 15 is 0 Å². The van der Waals surface area contributed by atoms with Crippen LogP contribution in [0.2, 0.25) is 10.0 Å². The molecule has 0 aliphatic heterocycles. The Labute approximate surface area is 219 Å². The van der Waals surface area contributed by atoms with Crippen molar-refractivity contribution in [2.75, 3.05) is 5.32 Å². The molecule has 0 fully saturated rings. The zero-order valence-corrected chi connectivity index (χ0v) is 21.1. The van der Waals surface area contributed by atoms with Crippen molar-refractivity contribution in [3.8, 4) is 11.1 Å². The van der Waals surface area contributed by atoms with E-state index in [1.54, 1.807) is 18.2 Å². The fourth-order valence-electron chi connectivity index (χ4n) is 3.66. The highest BCUT2D eigenvalue weighted by molar-refractivity contribution is 8.00. The first-order chi connectivity index (χ1) is 17.0. The monoisotopic (exact) mass is 537 g/mol. The Bertz CT molecular complexity index is 1550. The van der Waals surface area contributed by atoms with Crippen LogP contribution in [0.3, 0.4) is 0 Å². The fourth-order valence-corrected chi connectivity index (χ4v) is 6.17. The molecule has 2 aromatic heterocycles. The summed E-state index contributed by atoms with van der Waals surface area (Å²) in [6.07, 6.45) is 0. The van der Waals surface area contributed by atoms with Gasteiger partial charge in [-0.15, -0.1) is 11.3 Å². The molecule has 0 spiro atoms. The topological polar surface area (TPSA) is 74.8 Å². The number of aromatic amines is 1. The summed E-state index contributed by atoms with van der Waals surface area (Å²) in [7, 11) is 0. The Morgan fingerprint density at radius 1 is 0.971 bits per heavy atom. The number of rotatable bonds is 6. The van der Waals surface area contributed by atoms with Crippen molar-refractivity contribution in [2.45, 2.75) is 10.4 Å². The molecule has 2 N–H and O–H groups in total. The molecule has 0 aliphatic rings. The molecule has 5 aromatic rings. The molecular weight excluding hydrogens is 521 g/mol. The highest BCUT2D eigenvalue weighted by Crippen LogP contribution is 2.37. The highest BCUT2D eigenvalue weighted by atomic mass is 35.5. The highest BCUT2D eigenvalue weighted by Gasteiger charge is 2.24. The largest absolute Gasteiger partial charge is 0.325 e. The molecule has 0 aliphatic carbocycles. The molecule has 0 bridgehead atoms. The van der Waals surface area contributed by atoms with Crippen LogP contribution in [-0.4, -0.2) is 15.9 Å². The quantitative estimate of drug-likeness (QED) is 0.174. The van der Waals surface area contributed by atoms with Crippen molar-refractivity contribution in [3.05, 3.63) is 110 Å². The summed E-state index contributed by atoms with van der Waals surface area (Å²) in [6, 6.07) is 23.9. The van der Waals surface area contributed by atoms with Gasteiger partial charge in [-0.05, 0) is 29.3 Å². The molecule has 1 atom stereocenters. The lowest BCUT2D eigenvalue weighted by atomic mass is 10.1. The summed E-state index contributed by atoms with van der Waals surface area (Å²) in [6.45, 7) is 0. The van der Waals surface area contributed by atoms with Crippen molar-refractivity contribution in [2.24, 2.45) is 0 Å². The number of hydrogen-bond acceptors (Lipinski definition) is 5. The molecule has 1 amide bonds.